The molecule has 0 spiro atoms. The van der Waals surface area contributed by atoms with Gasteiger partial charge in [-0.3, -0.25) is 0 Å². The number of halogens is 1. The van der Waals surface area contributed by atoms with Gasteiger partial charge in [0.2, 0.25) is 0 Å². The molecule has 0 aliphatic heterocycles. The second-order valence-electron chi connectivity index (χ2n) is 4.95. The molecule has 21 heavy (non-hydrogen) atoms. The highest BCUT2D eigenvalue weighted by Gasteiger charge is 2.20. The smallest absolute Gasteiger partial charge is 0.184 e. The molecule has 0 saturated carbocycles. The minimum atomic E-state index is -3.51. The maximum atomic E-state index is 12.6. The van der Waals surface area contributed by atoms with Crippen LogP contribution in [-0.2, 0) is 15.6 Å². The third-order valence-corrected chi connectivity index (χ3v) is 5.43. The van der Waals surface area contributed by atoms with Gasteiger partial charge < -0.3 is 4.98 Å². The van der Waals surface area contributed by atoms with Crippen LogP contribution in [0.5, 0.6) is 0 Å². The van der Waals surface area contributed by atoms with Crippen LogP contribution in [0.3, 0.4) is 0 Å². The van der Waals surface area contributed by atoms with E-state index in [0.717, 1.165) is 11.1 Å². The van der Waals surface area contributed by atoms with Crippen LogP contribution in [0.4, 0.5) is 0 Å². The summed E-state index contributed by atoms with van der Waals surface area (Å²) in [6.07, 6.45) is 1.51. The van der Waals surface area contributed by atoms with Gasteiger partial charge in [0.15, 0.2) is 9.84 Å². The van der Waals surface area contributed by atoms with E-state index in [0.29, 0.717) is 11.0 Å². The lowest BCUT2D eigenvalue weighted by Gasteiger charge is -2.07. The van der Waals surface area contributed by atoms with E-state index in [9.17, 15) is 8.42 Å². The summed E-state index contributed by atoms with van der Waals surface area (Å²) in [7, 11) is -3.51. The molecule has 0 bridgehead atoms. The summed E-state index contributed by atoms with van der Waals surface area (Å²) < 4.78 is 25.1. The molecule has 0 aliphatic rings. The number of aromatic nitrogens is 2. The molecule has 6 heteroatoms. The number of sulfone groups is 1. The van der Waals surface area contributed by atoms with E-state index in [1.807, 2.05) is 31.2 Å². The molecule has 1 N–H and O–H groups in total. The zero-order valence-electron chi connectivity index (χ0n) is 11.3. The van der Waals surface area contributed by atoms with Gasteiger partial charge in [0, 0.05) is 0 Å². The Hall–Kier alpha value is -1.85. The minimum absolute atomic E-state index is 0.0804. The summed E-state index contributed by atoms with van der Waals surface area (Å²) >= 11 is 6.11. The largest absolute Gasteiger partial charge is 0.345 e. The number of rotatable bonds is 3. The van der Waals surface area contributed by atoms with Crippen molar-refractivity contribution in [2.24, 2.45) is 0 Å². The SMILES string of the molecule is Cc1ccc(CS(=O)(=O)c2cc3nc[nH]c3cc2Cl)cc1. The summed E-state index contributed by atoms with van der Waals surface area (Å²) in [6.45, 7) is 1.96. The molecular formula is C15H13ClN2O2S. The van der Waals surface area contributed by atoms with Gasteiger partial charge in [-0.05, 0) is 24.6 Å². The summed E-state index contributed by atoms with van der Waals surface area (Å²) in [5, 5.41) is 0.207. The van der Waals surface area contributed by atoms with Crippen LogP contribution in [-0.4, -0.2) is 18.4 Å². The lowest BCUT2D eigenvalue weighted by atomic mass is 10.2. The van der Waals surface area contributed by atoms with Crippen LogP contribution < -0.4 is 0 Å². The van der Waals surface area contributed by atoms with Crippen molar-refractivity contribution in [3.05, 3.63) is 58.9 Å². The predicted octanol–water partition coefficient (Wildman–Crippen LogP) is 3.50. The number of nitrogens with one attached hydrogen (secondary N) is 1. The van der Waals surface area contributed by atoms with Crippen molar-refractivity contribution in [3.8, 4) is 0 Å². The lowest BCUT2D eigenvalue weighted by molar-refractivity contribution is 0.595. The molecule has 3 rings (SSSR count). The van der Waals surface area contributed by atoms with Crippen molar-refractivity contribution in [3.63, 3.8) is 0 Å². The van der Waals surface area contributed by atoms with Gasteiger partial charge in [0.05, 0.1) is 33.0 Å². The fourth-order valence-electron chi connectivity index (χ4n) is 2.16. The van der Waals surface area contributed by atoms with Crippen molar-refractivity contribution >= 4 is 32.5 Å². The van der Waals surface area contributed by atoms with Gasteiger partial charge in [-0.1, -0.05) is 41.4 Å². The van der Waals surface area contributed by atoms with Crippen LogP contribution >= 0.6 is 11.6 Å². The maximum absolute atomic E-state index is 12.6. The molecule has 0 fully saturated rings. The third-order valence-electron chi connectivity index (χ3n) is 3.29. The van der Waals surface area contributed by atoms with Crippen LogP contribution in [0.15, 0.2) is 47.6 Å². The summed E-state index contributed by atoms with van der Waals surface area (Å²) in [6, 6.07) is 10.5. The molecule has 1 aromatic heterocycles. The average molecular weight is 321 g/mol. The summed E-state index contributed by atoms with van der Waals surface area (Å²) in [5.74, 6) is -0.0804. The van der Waals surface area contributed by atoms with Crippen LogP contribution in [0.25, 0.3) is 11.0 Å². The third kappa shape index (κ3) is 2.80. The van der Waals surface area contributed by atoms with Gasteiger partial charge in [0.25, 0.3) is 0 Å². The monoisotopic (exact) mass is 320 g/mol. The molecule has 0 unspecified atom stereocenters. The van der Waals surface area contributed by atoms with Crippen molar-refractivity contribution in [1.29, 1.82) is 0 Å². The standard InChI is InChI=1S/C15H13ClN2O2S/c1-10-2-4-11(5-3-10)8-21(19,20)15-7-14-13(6-12(15)16)17-9-18-14/h2-7,9H,8H2,1H3,(H,17,18). The highest BCUT2D eigenvalue weighted by Crippen LogP contribution is 2.28. The molecule has 0 amide bonds. The summed E-state index contributed by atoms with van der Waals surface area (Å²) in [5.41, 5.74) is 3.13. The first-order valence-corrected chi connectivity index (χ1v) is 8.40. The summed E-state index contributed by atoms with van der Waals surface area (Å²) in [4.78, 5) is 7.09. The lowest BCUT2D eigenvalue weighted by Crippen LogP contribution is -2.06. The highest BCUT2D eigenvalue weighted by molar-refractivity contribution is 7.90. The second kappa shape index (κ2) is 5.16. The van der Waals surface area contributed by atoms with E-state index in [-0.39, 0.29) is 15.7 Å². The fraction of sp³-hybridized carbons (Fsp3) is 0.133. The molecule has 1 heterocycles. The van der Waals surface area contributed by atoms with Gasteiger partial charge in [-0.25, -0.2) is 13.4 Å². The Morgan fingerprint density at radius 1 is 1.19 bits per heavy atom. The molecule has 0 aliphatic carbocycles. The van der Waals surface area contributed by atoms with Crippen molar-refractivity contribution < 1.29 is 8.42 Å². The Balaban J connectivity index is 2.03. The van der Waals surface area contributed by atoms with E-state index in [2.05, 4.69) is 9.97 Å². The number of nitrogens with zero attached hydrogens (tertiary/aromatic N) is 1. The van der Waals surface area contributed by atoms with E-state index < -0.39 is 9.84 Å². The molecule has 3 aromatic rings. The van der Waals surface area contributed by atoms with Crippen molar-refractivity contribution in [1.82, 2.24) is 9.97 Å². The number of hydrogen-bond donors (Lipinski definition) is 1. The van der Waals surface area contributed by atoms with Crippen LogP contribution in [0.1, 0.15) is 11.1 Å². The molecular weight excluding hydrogens is 308 g/mol. The molecule has 2 aromatic carbocycles. The van der Waals surface area contributed by atoms with Gasteiger partial charge in [0.1, 0.15) is 0 Å². The zero-order valence-corrected chi connectivity index (χ0v) is 12.9. The maximum Gasteiger partial charge on any atom is 0.184 e. The quantitative estimate of drug-likeness (QED) is 0.803. The number of H-pyrrole nitrogens is 1. The van der Waals surface area contributed by atoms with E-state index in [1.165, 1.54) is 12.4 Å². The van der Waals surface area contributed by atoms with Crippen molar-refractivity contribution in [2.45, 2.75) is 17.6 Å². The fourth-order valence-corrected chi connectivity index (χ4v) is 4.11. The Morgan fingerprint density at radius 2 is 1.90 bits per heavy atom. The van der Waals surface area contributed by atoms with E-state index in [4.69, 9.17) is 11.6 Å². The van der Waals surface area contributed by atoms with E-state index >= 15 is 0 Å². The second-order valence-corrected chi connectivity index (χ2v) is 7.31. The van der Waals surface area contributed by atoms with Gasteiger partial charge >= 0.3 is 0 Å². The number of benzene rings is 2. The van der Waals surface area contributed by atoms with Crippen LogP contribution in [0.2, 0.25) is 5.02 Å². The first-order chi connectivity index (χ1) is 9.95. The number of imidazole rings is 1. The normalized spacial score (nSPS) is 11.9. The molecule has 4 nitrogen and oxygen atoms in total. The molecule has 0 radical (unpaired) electrons. The average Bonchev–Trinajstić information content (AvgIpc) is 2.87. The molecule has 108 valence electrons. The number of aromatic amines is 1. The first kappa shape index (κ1) is 14.1. The van der Waals surface area contributed by atoms with Gasteiger partial charge in [-0.15, -0.1) is 0 Å². The van der Waals surface area contributed by atoms with Gasteiger partial charge in [-0.2, -0.15) is 0 Å². The Morgan fingerprint density at radius 3 is 2.62 bits per heavy atom. The number of aryl methyl sites for hydroxylation is 1. The van der Waals surface area contributed by atoms with Crippen molar-refractivity contribution in [2.75, 3.05) is 0 Å². The van der Waals surface area contributed by atoms with E-state index in [1.54, 1.807) is 6.07 Å². The topological polar surface area (TPSA) is 62.8 Å². The Bertz CT molecular complexity index is 899. The Labute approximate surface area is 127 Å². The predicted molar refractivity (Wildman–Crippen MR) is 83.2 cm³/mol. The molecule has 0 atom stereocenters. The molecule has 0 saturated heterocycles. The zero-order chi connectivity index (χ0) is 15.0. The number of fused-ring (bicyclic) bond motifs is 1. The highest BCUT2D eigenvalue weighted by atomic mass is 35.5. The minimum Gasteiger partial charge on any atom is -0.345 e. The Kier molecular flexibility index (Phi) is 3.47. The first-order valence-electron chi connectivity index (χ1n) is 6.37. The van der Waals surface area contributed by atoms with Crippen LogP contribution in [0, 0.1) is 6.92 Å². The number of hydrogen-bond acceptors (Lipinski definition) is 3.